The molecule has 0 spiro atoms. The molecule has 0 saturated carbocycles. The molecule has 28 heavy (non-hydrogen) atoms. The maximum Gasteiger partial charge on any atom is 0.328 e. The van der Waals surface area contributed by atoms with E-state index in [9.17, 15) is 14.4 Å². The van der Waals surface area contributed by atoms with Gasteiger partial charge >= 0.3 is 12.0 Å². The van der Waals surface area contributed by atoms with Crippen LogP contribution in [0.4, 0.5) is 10.5 Å². The predicted molar refractivity (Wildman–Crippen MR) is 106 cm³/mol. The third-order valence-electron chi connectivity index (χ3n) is 4.36. The number of fused-ring (bicyclic) bond motifs is 1. The highest BCUT2D eigenvalue weighted by Gasteiger charge is 2.17. The maximum atomic E-state index is 12.2. The van der Waals surface area contributed by atoms with Gasteiger partial charge in [-0.05, 0) is 31.5 Å². The molecule has 144 valence electrons. The van der Waals surface area contributed by atoms with Gasteiger partial charge in [-0.3, -0.25) is 4.79 Å². The second-order valence-corrected chi connectivity index (χ2v) is 6.32. The third-order valence-corrected chi connectivity index (χ3v) is 4.36. The Bertz CT molecular complexity index is 1110. The summed E-state index contributed by atoms with van der Waals surface area (Å²) in [6.45, 7) is 3.38. The predicted octanol–water partition coefficient (Wildman–Crippen LogP) is 2.58. The fraction of sp³-hybridized carbons (Fsp3) is 0.200. The lowest BCUT2D eigenvalue weighted by Crippen LogP contribution is -2.41. The number of hydrogen-bond donors (Lipinski definition) is 3. The van der Waals surface area contributed by atoms with Crippen molar-refractivity contribution in [3.05, 3.63) is 58.4 Å². The van der Waals surface area contributed by atoms with Gasteiger partial charge in [-0.1, -0.05) is 30.3 Å². The van der Waals surface area contributed by atoms with Crippen molar-refractivity contribution in [2.45, 2.75) is 19.9 Å². The van der Waals surface area contributed by atoms with Gasteiger partial charge in [0.1, 0.15) is 6.04 Å². The highest BCUT2D eigenvalue weighted by atomic mass is 16.5. The SMILES string of the molecule is COC(=O)C(C)NC(=O)Nc1cc(-c2n[nH]c(=O)c3ccccc23)ccc1C. The van der Waals surface area contributed by atoms with Crippen molar-refractivity contribution in [1.29, 1.82) is 0 Å². The Labute approximate surface area is 160 Å². The summed E-state index contributed by atoms with van der Waals surface area (Å²) in [6, 6.07) is 11.3. The van der Waals surface area contributed by atoms with Gasteiger partial charge in [-0.25, -0.2) is 14.7 Å². The van der Waals surface area contributed by atoms with Crippen LogP contribution < -0.4 is 16.2 Å². The summed E-state index contributed by atoms with van der Waals surface area (Å²) in [5, 5.41) is 13.2. The number of nitrogens with zero attached hydrogens (tertiary/aromatic N) is 1. The minimum absolute atomic E-state index is 0.263. The summed E-state index contributed by atoms with van der Waals surface area (Å²) in [4.78, 5) is 35.7. The molecule has 0 fully saturated rings. The molecule has 0 radical (unpaired) electrons. The van der Waals surface area contributed by atoms with Crippen LogP contribution in [-0.2, 0) is 9.53 Å². The Balaban J connectivity index is 1.93. The zero-order valence-corrected chi connectivity index (χ0v) is 15.7. The summed E-state index contributed by atoms with van der Waals surface area (Å²) >= 11 is 0. The Morgan fingerprint density at radius 1 is 1.14 bits per heavy atom. The molecule has 0 aliphatic rings. The molecule has 2 aromatic carbocycles. The van der Waals surface area contributed by atoms with Gasteiger partial charge in [0.2, 0.25) is 0 Å². The fourth-order valence-electron chi connectivity index (χ4n) is 2.83. The molecule has 2 amide bonds. The van der Waals surface area contributed by atoms with E-state index in [1.54, 1.807) is 18.2 Å². The van der Waals surface area contributed by atoms with Crippen LogP contribution in [0.2, 0.25) is 0 Å². The number of aryl methyl sites for hydroxylation is 1. The first-order valence-corrected chi connectivity index (χ1v) is 8.64. The van der Waals surface area contributed by atoms with E-state index in [1.807, 2.05) is 31.2 Å². The quantitative estimate of drug-likeness (QED) is 0.602. The van der Waals surface area contributed by atoms with Gasteiger partial charge in [-0.15, -0.1) is 0 Å². The first kappa shape index (κ1) is 19.1. The number of ether oxygens (including phenoxy) is 1. The molecule has 3 N–H and O–H groups in total. The number of H-pyrrole nitrogens is 1. The lowest BCUT2D eigenvalue weighted by Gasteiger charge is -2.15. The Morgan fingerprint density at radius 2 is 1.86 bits per heavy atom. The van der Waals surface area contributed by atoms with Crippen LogP contribution in [0.5, 0.6) is 0 Å². The number of urea groups is 1. The lowest BCUT2D eigenvalue weighted by molar-refractivity contribution is -0.142. The standard InChI is InChI=1S/C20H20N4O4/c1-11-8-9-13(10-16(11)22-20(27)21-12(2)19(26)28-3)17-14-6-4-5-7-15(14)18(25)24-23-17/h4-10,12H,1-3H3,(H,24,25)(H2,21,22,27). The van der Waals surface area contributed by atoms with Gasteiger partial charge in [-0.2, -0.15) is 5.10 Å². The van der Waals surface area contributed by atoms with Gasteiger partial charge in [0.25, 0.3) is 5.56 Å². The monoisotopic (exact) mass is 380 g/mol. The number of rotatable bonds is 4. The van der Waals surface area contributed by atoms with E-state index in [1.165, 1.54) is 14.0 Å². The van der Waals surface area contributed by atoms with Crippen molar-refractivity contribution in [2.75, 3.05) is 12.4 Å². The molecular weight excluding hydrogens is 360 g/mol. The molecule has 1 unspecified atom stereocenters. The van der Waals surface area contributed by atoms with E-state index >= 15 is 0 Å². The molecular formula is C20H20N4O4. The first-order chi connectivity index (χ1) is 13.4. The molecule has 0 saturated heterocycles. The fourth-order valence-corrected chi connectivity index (χ4v) is 2.83. The van der Waals surface area contributed by atoms with Crippen molar-refractivity contribution in [1.82, 2.24) is 15.5 Å². The van der Waals surface area contributed by atoms with Crippen LogP contribution in [0, 0.1) is 6.92 Å². The van der Waals surface area contributed by atoms with Crippen LogP contribution in [0.25, 0.3) is 22.0 Å². The number of aromatic amines is 1. The number of aromatic nitrogens is 2. The topological polar surface area (TPSA) is 113 Å². The minimum Gasteiger partial charge on any atom is -0.467 e. The molecule has 1 aromatic heterocycles. The van der Waals surface area contributed by atoms with E-state index in [2.05, 4.69) is 25.6 Å². The van der Waals surface area contributed by atoms with Gasteiger partial charge in [0, 0.05) is 16.6 Å². The van der Waals surface area contributed by atoms with Gasteiger partial charge in [0.05, 0.1) is 18.2 Å². The summed E-state index contributed by atoms with van der Waals surface area (Å²) < 4.78 is 4.60. The van der Waals surface area contributed by atoms with Gasteiger partial charge < -0.3 is 15.4 Å². The summed E-state index contributed by atoms with van der Waals surface area (Å²) in [5.41, 5.74) is 2.46. The average molecular weight is 380 g/mol. The zero-order valence-electron chi connectivity index (χ0n) is 15.7. The molecule has 1 atom stereocenters. The third kappa shape index (κ3) is 3.85. The van der Waals surface area contributed by atoms with Crippen molar-refractivity contribution in [3.63, 3.8) is 0 Å². The van der Waals surface area contributed by atoms with Crippen LogP contribution in [0.3, 0.4) is 0 Å². The second kappa shape index (κ2) is 7.91. The number of carbonyl (C=O) groups excluding carboxylic acids is 2. The molecule has 8 heteroatoms. The zero-order chi connectivity index (χ0) is 20.3. The second-order valence-electron chi connectivity index (χ2n) is 6.32. The number of methoxy groups -OCH3 is 1. The van der Waals surface area contributed by atoms with Crippen molar-refractivity contribution < 1.29 is 14.3 Å². The van der Waals surface area contributed by atoms with Crippen LogP contribution in [0.15, 0.2) is 47.3 Å². The molecule has 0 aliphatic heterocycles. The summed E-state index contributed by atoms with van der Waals surface area (Å²) in [5.74, 6) is -0.537. The van der Waals surface area contributed by atoms with E-state index < -0.39 is 18.0 Å². The van der Waals surface area contributed by atoms with Crippen LogP contribution in [-0.4, -0.2) is 35.3 Å². The number of anilines is 1. The van der Waals surface area contributed by atoms with E-state index in [-0.39, 0.29) is 5.56 Å². The van der Waals surface area contributed by atoms with E-state index in [0.29, 0.717) is 22.2 Å². The largest absolute Gasteiger partial charge is 0.467 e. The Kier molecular flexibility index (Phi) is 5.39. The summed E-state index contributed by atoms with van der Waals surface area (Å²) in [6.07, 6.45) is 0. The van der Waals surface area contributed by atoms with Crippen LogP contribution >= 0.6 is 0 Å². The smallest absolute Gasteiger partial charge is 0.328 e. The van der Waals surface area contributed by atoms with Crippen LogP contribution in [0.1, 0.15) is 12.5 Å². The molecule has 3 aromatic rings. The lowest BCUT2D eigenvalue weighted by atomic mass is 10.0. The van der Waals surface area contributed by atoms with Crippen molar-refractivity contribution >= 4 is 28.5 Å². The molecule has 0 aliphatic carbocycles. The molecule has 1 heterocycles. The molecule has 3 rings (SSSR count). The van der Waals surface area contributed by atoms with Crippen molar-refractivity contribution in [2.24, 2.45) is 0 Å². The summed E-state index contributed by atoms with van der Waals surface area (Å²) in [7, 11) is 1.26. The van der Waals surface area contributed by atoms with E-state index in [4.69, 9.17) is 0 Å². The average Bonchev–Trinajstić information content (AvgIpc) is 2.69. The highest BCUT2D eigenvalue weighted by Crippen LogP contribution is 2.28. The number of nitrogens with one attached hydrogen (secondary N) is 3. The number of hydrogen-bond acceptors (Lipinski definition) is 5. The van der Waals surface area contributed by atoms with E-state index in [0.717, 1.165) is 11.1 Å². The van der Waals surface area contributed by atoms with Crippen molar-refractivity contribution in [3.8, 4) is 11.3 Å². The Morgan fingerprint density at radius 3 is 2.57 bits per heavy atom. The molecule has 8 nitrogen and oxygen atoms in total. The van der Waals surface area contributed by atoms with Gasteiger partial charge in [0.15, 0.2) is 0 Å². The highest BCUT2D eigenvalue weighted by molar-refractivity contribution is 5.96. The Hall–Kier alpha value is -3.68. The normalized spacial score (nSPS) is 11.7. The molecule has 0 bridgehead atoms. The maximum absolute atomic E-state index is 12.2. The minimum atomic E-state index is -0.779. The number of carbonyl (C=O) groups is 2. The number of benzene rings is 2. The number of esters is 1. The first-order valence-electron chi connectivity index (χ1n) is 8.64. The number of amides is 2.